The van der Waals surface area contributed by atoms with E-state index in [-0.39, 0.29) is 0 Å². The predicted molar refractivity (Wildman–Crippen MR) is 84.7 cm³/mol. The van der Waals surface area contributed by atoms with Crippen LogP contribution in [0.1, 0.15) is 5.56 Å². The van der Waals surface area contributed by atoms with E-state index in [2.05, 4.69) is 27.1 Å². The van der Waals surface area contributed by atoms with Crippen LogP contribution in [0.5, 0.6) is 0 Å². The van der Waals surface area contributed by atoms with E-state index in [1.165, 1.54) is 0 Å². The van der Waals surface area contributed by atoms with Crippen molar-refractivity contribution in [1.29, 1.82) is 0 Å². The third-order valence-corrected chi connectivity index (χ3v) is 3.62. The standard InChI is InChI=1S/C17H14N4/c18-10-11-5-7-14-16(9-11)21-17(20-14)15-8-6-12-3-1-2-4-13(12)19-15/h1-9H,10,18H2,(H,20,21). The molecule has 0 fully saturated rings. The third-order valence-electron chi connectivity index (χ3n) is 3.62. The monoisotopic (exact) mass is 274 g/mol. The first-order valence-corrected chi connectivity index (χ1v) is 6.88. The van der Waals surface area contributed by atoms with Gasteiger partial charge in [0.25, 0.3) is 0 Å². The van der Waals surface area contributed by atoms with Gasteiger partial charge >= 0.3 is 0 Å². The van der Waals surface area contributed by atoms with Gasteiger partial charge in [-0.1, -0.05) is 30.3 Å². The Bertz CT molecular complexity index is 940. The minimum atomic E-state index is 0.526. The highest BCUT2D eigenvalue weighted by Gasteiger charge is 2.07. The van der Waals surface area contributed by atoms with Crippen LogP contribution in [0.3, 0.4) is 0 Å². The maximum Gasteiger partial charge on any atom is 0.157 e. The van der Waals surface area contributed by atoms with Gasteiger partial charge < -0.3 is 10.7 Å². The van der Waals surface area contributed by atoms with Crippen LogP contribution in [0.15, 0.2) is 54.6 Å². The number of nitrogens with two attached hydrogens (primary N) is 1. The van der Waals surface area contributed by atoms with Gasteiger partial charge in [0.1, 0.15) is 5.69 Å². The van der Waals surface area contributed by atoms with Crippen LogP contribution in [0.4, 0.5) is 0 Å². The zero-order valence-corrected chi connectivity index (χ0v) is 11.4. The van der Waals surface area contributed by atoms with Gasteiger partial charge in [-0.15, -0.1) is 0 Å². The third kappa shape index (κ3) is 2.06. The van der Waals surface area contributed by atoms with Crippen LogP contribution < -0.4 is 5.73 Å². The van der Waals surface area contributed by atoms with Crippen molar-refractivity contribution >= 4 is 21.9 Å². The summed E-state index contributed by atoms with van der Waals surface area (Å²) in [5.41, 5.74) is 10.5. The molecule has 102 valence electrons. The smallest absolute Gasteiger partial charge is 0.157 e. The largest absolute Gasteiger partial charge is 0.337 e. The minimum Gasteiger partial charge on any atom is -0.337 e. The summed E-state index contributed by atoms with van der Waals surface area (Å²) in [5, 5.41) is 1.13. The molecule has 0 saturated heterocycles. The van der Waals surface area contributed by atoms with Crippen molar-refractivity contribution in [3.63, 3.8) is 0 Å². The molecule has 0 aliphatic carbocycles. The number of nitrogens with zero attached hydrogens (tertiary/aromatic N) is 2. The molecule has 0 amide bonds. The molecule has 0 saturated carbocycles. The second kappa shape index (κ2) is 4.68. The van der Waals surface area contributed by atoms with E-state index in [0.717, 1.165) is 39.0 Å². The number of hydrogen-bond donors (Lipinski definition) is 2. The lowest BCUT2D eigenvalue weighted by Crippen LogP contribution is -1.95. The molecule has 4 heteroatoms. The Morgan fingerprint density at radius 2 is 1.81 bits per heavy atom. The van der Waals surface area contributed by atoms with Gasteiger partial charge in [-0.2, -0.15) is 0 Å². The predicted octanol–water partition coefficient (Wildman–Crippen LogP) is 3.24. The quantitative estimate of drug-likeness (QED) is 0.589. The van der Waals surface area contributed by atoms with E-state index in [1.54, 1.807) is 0 Å². The molecule has 0 aliphatic rings. The fraction of sp³-hybridized carbons (Fsp3) is 0.0588. The number of nitrogens with one attached hydrogen (secondary N) is 1. The number of aromatic nitrogens is 3. The van der Waals surface area contributed by atoms with Gasteiger partial charge in [0.15, 0.2) is 5.82 Å². The number of imidazole rings is 1. The van der Waals surface area contributed by atoms with Gasteiger partial charge in [0.2, 0.25) is 0 Å². The normalized spacial score (nSPS) is 11.3. The van der Waals surface area contributed by atoms with Crippen molar-refractivity contribution in [3.8, 4) is 11.5 Å². The lowest BCUT2D eigenvalue weighted by molar-refractivity contribution is 1.07. The van der Waals surface area contributed by atoms with E-state index in [1.807, 2.05) is 42.5 Å². The number of para-hydroxylation sites is 1. The number of aromatic amines is 1. The lowest BCUT2D eigenvalue weighted by atomic mass is 10.2. The van der Waals surface area contributed by atoms with E-state index >= 15 is 0 Å². The molecule has 2 heterocycles. The summed E-state index contributed by atoms with van der Waals surface area (Å²) in [4.78, 5) is 12.6. The maximum atomic E-state index is 5.67. The summed E-state index contributed by atoms with van der Waals surface area (Å²) in [6.07, 6.45) is 0. The summed E-state index contributed by atoms with van der Waals surface area (Å²) in [6, 6.07) is 18.1. The molecule has 0 spiro atoms. The van der Waals surface area contributed by atoms with Crippen LogP contribution in [0.2, 0.25) is 0 Å². The van der Waals surface area contributed by atoms with Crippen molar-refractivity contribution in [2.75, 3.05) is 0 Å². The van der Waals surface area contributed by atoms with Gasteiger partial charge in [-0.05, 0) is 29.8 Å². The van der Waals surface area contributed by atoms with Crippen LogP contribution >= 0.6 is 0 Å². The van der Waals surface area contributed by atoms with Crippen molar-refractivity contribution in [2.45, 2.75) is 6.54 Å². The number of benzene rings is 2. The van der Waals surface area contributed by atoms with Crippen molar-refractivity contribution in [1.82, 2.24) is 15.0 Å². The number of H-pyrrole nitrogens is 1. The highest BCUT2D eigenvalue weighted by atomic mass is 14.9. The number of hydrogen-bond acceptors (Lipinski definition) is 3. The molecule has 4 aromatic rings. The van der Waals surface area contributed by atoms with Crippen molar-refractivity contribution in [3.05, 3.63) is 60.2 Å². The first-order chi connectivity index (χ1) is 10.3. The summed E-state index contributed by atoms with van der Waals surface area (Å²) >= 11 is 0. The average molecular weight is 274 g/mol. The van der Waals surface area contributed by atoms with Gasteiger partial charge in [0.05, 0.1) is 16.6 Å². The summed E-state index contributed by atoms with van der Waals surface area (Å²) in [7, 11) is 0. The topological polar surface area (TPSA) is 67.6 Å². The Kier molecular flexibility index (Phi) is 2.69. The SMILES string of the molecule is NCc1ccc2nc(-c3ccc4ccccc4n3)[nH]c2c1. The molecule has 0 bridgehead atoms. The first kappa shape index (κ1) is 12.1. The van der Waals surface area contributed by atoms with Gasteiger partial charge in [-0.3, -0.25) is 0 Å². The van der Waals surface area contributed by atoms with E-state index in [4.69, 9.17) is 5.73 Å². The Morgan fingerprint density at radius 3 is 2.71 bits per heavy atom. The molecule has 0 aliphatic heterocycles. The number of rotatable bonds is 2. The van der Waals surface area contributed by atoms with Crippen LogP contribution in [0, 0.1) is 0 Å². The summed E-state index contributed by atoms with van der Waals surface area (Å²) in [5.74, 6) is 0.782. The molecule has 3 N–H and O–H groups in total. The Labute approximate surface area is 121 Å². The molecule has 0 atom stereocenters. The summed E-state index contributed by atoms with van der Waals surface area (Å²) in [6.45, 7) is 0.526. The molecule has 2 aromatic carbocycles. The Balaban J connectivity index is 1.87. The minimum absolute atomic E-state index is 0.526. The fourth-order valence-corrected chi connectivity index (χ4v) is 2.50. The molecule has 21 heavy (non-hydrogen) atoms. The molecule has 2 aromatic heterocycles. The van der Waals surface area contributed by atoms with Crippen LogP contribution in [-0.4, -0.2) is 15.0 Å². The van der Waals surface area contributed by atoms with Crippen molar-refractivity contribution in [2.24, 2.45) is 5.73 Å². The number of pyridine rings is 1. The highest BCUT2D eigenvalue weighted by Crippen LogP contribution is 2.22. The van der Waals surface area contributed by atoms with E-state index < -0.39 is 0 Å². The maximum absolute atomic E-state index is 5.67. The van der Waals surface area contributed by atoms with E-state index in [9.17, 15) is 0 Å². The first-order valence-electron chi connectivity index (χ1n) is 6.88. The zero-order valence-electron chi connectivity index (χ0n) is 11.4. The molecule has 0 radical (unpaired) electrons. The second-order valence-corrected chi connectivity index (χ2v) is 5.03. The summed E-state index contributed by atoms with van der Waals surface area (Å²) < 4.78 is 0. The lowest BCUT2D eigenvalue weighted by Gasteiger charge is -1.99. The molecule has 4 nitrogen and oxygen atoms in total. The second-order valence-electron chi connectivity index (χ2n) is 5.03. The Hall–Kier alpha value is -2.72. The zero-order chi connectivity index (χ0) is 14.2. The van der Waals surface area contributed by atoms with Gasteiger partial charge in [0, 0.05) is 11.9 Å². The molecular weight excluding hydrogens is 260 g/mol. The van der Waals surface area contributed by atoms with Crippen LogP contribution in [0.25, 0.3) is 33.5 Å². The molecular formula is C17H14N4. The highest BCUT2D eigenvalue weighted by molar-refractivity contribution is 5.83. The number of fused-ring (bicyclic) bond motifs is 2. The average Bonchev–Trinajstić information content (AvgIpc) is 2.97. The molecule has 0 unspecified atom stereocenters. The van der Waals surface area contributed by atoms with Crippen molar-refractivity contribution < 1.29 is 0 Å². The van der Waals surface area contributed by atoms with E-state index in [0.29, 0.717) is 6.54 Å². The van der Waals surface area contributed by atoms with Gasteiger partial charge in [-0.25, -0.2) is 9.97 Å². The fourth-order valence-electron chi connectivity index (χ4n) is 2.50. The Morgan fingerprint density at radius 1 is 0.905 bits per heavy atom. The molecule has 4 rings (SSSR count). The van der Waals surface area contributed by atoms with Crippen LogP contribution in [-0.2, 0) is 6.54 Å².